The van der Waals surface area contributed by atoms with Crippen LogP contribution in [0.3, 0.4) is 0 Å². The molecule has 0 saturated heterocycles. The molecule has 5 N–H and O–H groups in total. The minimum Gasteiger partial charge on any atom is -0.394 e. The molecule has 0 aromatic rings. The molecule has 0 aromatic heterocycles. The van der Waals surface area contributed by atoms with Gasteiger partial charge in [0.15, 0.2) is 6.29 Å². The topological polar surface area (TPSA) is 110 Å². The molecule has 0 bridgehead atoms. The lowest BCUT2D eigenvalue weighted by molar-refractivity contribution is -0.217. The number of hydrogen-bond donors (Lipinski definition) is 5. The lowest BCUT2D eigenvalue weighted by Gasteiger charge is -2.24. The SMILES string of the molecule is C[C@@H](O)C(CO)O[C@@H](O)[C@H](O)CO. The Morgan fingerprint density at radius 3 is 1.92 bits per heavy atom. The van der Waals surface area contributed by atoms with E-state index in [1.54, 1.807) is 0 Å². The summed E-state index contributed by atoms with van der Waals surface area (Å²) in [6, 6.07) is 0. The fourth-order valence-corrected chi connectivity index (χ4v) is 0.669. The third kappa shape index (κ3) is 4.51. The van der Waals surface area contributed by atoms with E-state index in [1.165, 1.54) is 6.92 Å². The van der Waals surface area contributed by atoms with Crippen molar-refractivity contribution in [1.29, 1.82) is 0 Å². The Bertz CT molecular complexity index is 128. The Hall–Kier alpha value is -0.240. The number of aliphatic hydroxyl groups excluding tert-OH is 5. The molecule has 6 nitrogen and oxygen atoms in total. The first-order valence-electron chi connectivity index (χ1n) is 3.94. The molecule has 0 aliphatic carbocycles. The Morgan fingerprint density at radius 1 is 1.08 bits per heavy atom. The van der Waals surface area contributed by atoms with Crippen molar-refractivity contribution in [3.63, 3.8) is 0 Å². The van der Waals surface area contributed by atoms with Gasteiger partial charge in [0.1, 0.15) is 12.2 Å². The smallest absolute Gasteiger partial charge is 0.183 e. The zero-order chi connectivity index (χ0) is 10.4. The van der Waals surface area contributed by atoms with Gasteiger partial charge < -0.3 is 30.3 Å². The molecule has 13 heavy (non-hydrogen) atoms. The van der Waals surface area contributed by atoms with Crippen LogP contribution in [0.5, 0.6) is 0 Å². The highest BCUT2D eigenvalue weighted by Gasteiger charge is 2.23. The van der Waals surface area contributed by atoms with Gasteiger partial charge in [0.05, 0.1) is 19.3 Å². The van der Waals surface area contributed by atoms with Gasteiger partial charge in [0.25, 0.3) is 0 Å². The van der Waals surface area contributed by atoms with Crippen LogP contribution in [0.15, 0.2) is 0 Å². The van der Waals surface area contributed by atoms with Crippen LogP contribution in [-0.4, -0.2) is 63.3 Å². The van der Waals surface area contributed by atoms with Gasteiger partial charge in [0, 0.05) is 0 Å². The quantitative estimate of drug-likeness (QED) is 0.298. The molecule has 0 aliphatic rings. The number of hydrogen-bond acceptors (Lipinski definition) is 6. The van der Waals surface area contributed by atoms with Crippen molar-refractivity contribution in [2.24, 2.45) is 0 Å². The molecule has 0 aromatic carbocycles. The second-order valence-electron chi connectivity index (χ2n) is 2.74. The van der Waals surface area contributed by atoms with E-state index in [2.05, 4.69) is 4.74 Å². The fourth-order valence-electron chi connectivity index (χ4n) is 0.669. The third-order valence-corrected chi connectivity index (χ3v) is 1.55. The average molecular weight is 196 g/mol. The Balaban J connectivity index is 3.93. The molecule has 6 heteroatoms. The van der Waals surface area contributed by atoms with Crippen molar-refractivity contribution in [2.75, 3.05) is 13.2 Å². The van der Waals surface area contributed by atoms with Gasteiger partial charge in [-0.3, -0.25) is 0 Å². The van der Waals surface area contributed by atoms with Gasteiger partial charge in [0.2, 0.25) is 0 Å². The van der Waals surface area contributed by atoms with Gasteiger partial charge >= 0.3 is 0 Å². The van der Waals surface area contributed by atoms with Gasteiger partial charge in [-0.1, -0.05) is 0 Å². The molecule has 0 saturated carbocycles. The first-order valence-corrected chi connectivity index (χ1v) is 3.94. The van der Waals surface area contributed by atoms with Crippen LogP contribution in [-0.2, 0) is 4.74 Å². The monoisotopic (exact) mass is 196 g/mol. The zero-order valence-electron chi connectivity index (χ0n) is 7.37. The molecule has 0 heterocycles. The molecule has 80 valence electrons. The van der Waals surface area contributed by atoms with Gasteiger partial charge in [-0.2, -0.15) is 0 Å². The van der Waals surface area contributed by atoms with E-state index < -0.39 is 37.8 Å². The Morgan fingerprint density at radius 2 is 1.62 bits per heavy atom. The molecule has 0 spiro atoms. The van der Waals surface area contributed by atoms with Crippen LogP contribution < -0.4 is 0 Å². The van der Waals surface area contributed by atoms with Gasteiger partial charge in [-0.25, -0.2) is 0 Å². The van der Waals surface area contributed by atoms with Crippen LogP contribution in [0.25, 0.3) is 0 Å². The lowest BCUT2D eigenvalue weighted by Crippen LogP contribution is -2.40. The molecule has 0 radical (unpaired) electrons. The highest BCUT2D eigenvalue weighted by Crippen LogP contribution is 2.04. The fraction of sp³-hybridized carbons (Fsp3) is 1.00. The van der Waals surface area contributed by atoms with Gasteiger partial charge in [-0.15, -0.1) is 0 Å². The van der Waals surface area contributed by atoms with Crippen LogP contribution in [0.2, 0.25) is 0 Å². The first kappa shape index (κ1) is 12.8. The van der Waals surface area contributed by atoms with E-state index in [0.29, 0.717) is 0 Å². The van der Waals surface area contributed by atoms with E-state index >= 15 is 0 Å². The van der Waals surface area contributed by atoms with Gasteiger partial charge in [-0.05, 0) is 6.92 Å². The van der Waals surface area contributed by atoms with E-state index in [4.69, 9.17) is 25.5 Å². The lowest BCUT2D eigenvalue weighted by atomic mass is 10.2. The molecule has 0 fully saturated rings. The van der Waals surface area contributed by atoms with Crippen molar-refractivity contribution in [2.45, 2.75) is 31.5 Å². The van der Waals surface area contributed by atoms with Crippen molar-refractivity contribution >= 4 is 0 Å². The third-order valence-electron chi connectivity index (χ3n) is 1.55. The second-order valence-corrected chi connectivity index (χ2v) is 2.74. The van der Waals surface area contributed by atoms with Crippen LogP contribution >= 0.6 is 0 Å². The minimum atomic E-state index is -1.61. The molecule has 0 rings (SSSR count). The van der Waals surface area contributed by atoms with E-state index in [9.17, 15) is 0 Å². The summed E-state index contributed by atoms with van der Waals surface area (Å²) >= 11 is 0. The van der Waals surface area contributed by atoms with Crippen molar-refractivity contribution in [3.8, 4) is 0 Å². The normalized spacial score (nSPS) is 20.8. The highest BCUT2D eigenvalue weighted by molar-refractivity contribution is 4.66. The predicted octanol–water partition coefficient (Wildman–Crippen LogP) is -2.58. The van der Waals surface area contributed by atoms with E-state index in [-0.39, 0.29) is 0 Å². The summed E-state index contributed by atoms with van der Waals surface area (Å²) in [6.45, 7) is 0.241. The Labute approximate surface area is 76.0 Å². The maximum Gasteiger partial charge on any atom is 0.183 e. The molecule has 1 unspecified atom stereocenters. The number of ether oxygens (including phenoxy) is 1. The van der Waals surface area contributed by atoms with E-state index in [1.807, 2.05) is 0 Å². The zero-order valence-corrected chi connectivity index (χ0v) is 7.37. The summed E-state index contributed by atoms with van der Waals surface area (Å²) in [5.74, 6) is 0. The maximum absolute atomic E-state index is 9.01. The summed E-state index contributed by atoms with van der Waals surface area (Å²) < 4.78 is 4.66. The standard InChI is InChI=1S/C7H16O6/c1-4(10)6(3-9)13-7(12)5(11)2-8/h4-12H,2-3H2,1H3/t4-,5-,6?,7-/m1/s1. The van der Waals surface area contributed by atoms with Crippen molar-refractivity contribution in [1.82, 2.24) is 0 Å². The van der Waals surface area contributed by atoms with Crippen LogP contribution in [0.1, 0.15) is 6.92 Å². The largest absolute Gasteiger partial charge is 0.394 e. The molecule has 0 aliphatic heterocycles. The summed E-state index contributed by atoms with van der Waals surface area (Å²) in [5.41, 5.74) is 0. The predicted molar refractivity (Wildman–Crippen MR) is 42.7 cm³/mol. The second kappa shape index (κ2) is 6.25. The summed E-state index contributed by atoms with van der Waals surface area (Å²) in [6.07, 6.45) is -4.99. The van der Waals surface area contributed by atoms with Crippen LogP contribution in [0.4, 0.5) is 0 Å². The van der Waals surface area contributed by atoms with Crippen molar-refractivity contribution < 1.29 is 30.3 Å². The molecular formula is C7H16O6. The number of rotatable bonds is 6. The van der Waals surface area contributed by atoms with Crippen molar-refractivity contribution in [3.05, 3.63) is 0 Å². The molecular weight excluding hydrogens is 180 g/mol. The summed E-state index contributed by atoms with van der Waals surface area (Å²) in [4.78, 5) is 0. The van der Waals surface area contributed by atoms with Crippen LogP contribution in [0, 0.1) is 0 Å². The molecule has 4 atom stereocenters. The molecule has 0 amide bonds. The Kier molecular flexibility index (Phi) is 6.13. The summed E-state index contributed by atoms with van der Waals surface area (Å²) in [5, 5.41) is 43.9. The number of aliphatic hydroxyl groups is 5. The first-order chi connectivity index (χ1) is 6.02. The minimum absolute atomic E-state index is 0.479. The highest BCUT2D eigenvalue weighted by atomic mass is 16.6. The summed E-state index contributed by atoms with van der Waals surface area (Å²) in [7, 11) is 0. The van der Waals surface area contributed by atoms with E-state index in [0.717, 1.165) is 0 Å². The average Bonchev–Trinajstić information content (AvgIpc) is 2.11. The maximum atomic E-state index is 9.01.